The van der Waals surface area contributed by atoms with E-state index in [0.717, 1.165) is 13.1 Å². The van der Waals surface area contributed by atoms with Gasteiger partial charge < -0.3 is 5.11 Å². The van der Waals surface area contributed by atoms with E-state index in [2.05, 4.69) is 32.6 Å². The van der Waals surface area contributed by atoms with Crippen molar-refractivity contribution < 1.29 is 5.11 Å². The molecule has 0 aromatic carbocycles. The maximum atomic E-state index is 9.83. The van der Waals surface area contributed by atoms with Crippen molar-refractivity contribution in [1.82, 2.24) is 4.90 Å². The Labute approximate surface area is 81.9 Å². The molecule has 2 nitrogen and oxygen atoms in total. The Balaban J connectivity index is 2.57. The molecule has 1 fully saturated rings. The Morgan fingerprint density at radius 1 is 1.38 bits per heavy atom. The van der Waals surface area contributed by atoms with Crippen molar-refractivity contribution in [3.8, 4) is 0 Å². The second kappa shape index (κ2) is 3.97. The van der Waals surface area contributed by atoms with E-state index < -0.39 is 0 Å². The van der Waals surface area contributed by atoms with E-state index in [1.807, 2.05) is 0 Å². The number of β-amino-alcohol motifs (C(OH)–C–C–N with tert-alkyl or cyclic N) is 1. The summed E-state index contributed by atoms with van der Waals surface area (Å²) >= 11 is 0. The summed E-state index contributed by atoms with van der Waals surface area (Å²) in [6.07, 6.45) is 2.24. The number of likely N-dealkylation sites (tertiary alicyclic amines) is 1. The van der Waals surface area contributed by atoms with Crippen LogP contribution in [0, 0.1) is 5.41 Å². The first-order valence-corrected chi connectivity index (χ1v) is 5.43. The minimum atomic E-state index is -0.145. The Morgan fingerprint density at radius 3 is 2.23 bits per heavy atom. The first kappa shape index (κ1) is 11.0. The normalized spacial score (nSPS) is 28.6. The number of hydrogen-bond acceptors (Lipinski definition) is 2. The fourth-order valence-electron chi connectivity index (χ4n) is 2.25. The van der Waals surface area contributed by atoms with Crippen molar-refractivity contribution in [3.63, 3.8) is 0 Å². The zero-order valence-electron chi connectivity index (χ0n) is 9.38. The van der Waals surface area contributed by atoms with Crippen molar-refractivity contribution in [2.45, 2.75) is 52.7 Å². The van der Waals surface area contributed by atoms with Gasteiger partial charge >= 0.3 is 0 Å². The summed E-state index contributed by atoms with van der Waals surface area (Å²) < 4.78 is 0. The van der Waals surface area contributed by atoms with E-state index in [0.29, 0.717) is 6.04 Å². The number of aliphatic hydroxyl groups excluding tert-OH is 1. The van der Waals surface area contributed by atoms with Crippen LogP contribution in [0.2, 0.25) is 0 Å². The van der Waals surface area contributed by atoms with Gasteiger partial charge in [-0.3, -0.25) is 4.90 Å². The molecule has 2 heteroatoms. The van der Waals surface area contributed by atoms with E-state index >= 15 is 0 Å². The standard InChI is InChI=1S/C11H23NO/c1-5-9(6-2)12-7-10(13)11(3,4)8-12/h9-10,13H,5-8H2,1-4H3. The zero-order chi connectivity index (χ0) is 10.1. The third-order valence-corrected chi connectivity index (χ3v) is 3.38. The Kier molecular flexibility index (Phi) is 3.36. The van der Waals surface area contributed by atoms with Crippen molar-refractivity contribution in [2.24, 2.45) is 5.41 Å². The van der Waals surface area contributed by atoms with E-state index in [9.17, 15) is 5.11 Å². The van der Waals surface area contributed by atoms with Crippen LogP contribution in [0.15, 0.2) is 0 Å². The highest BCUT2D eigenvalue weighted by molar-refractivity contribution is 4.92. The van der Waals surface area contributed by atoms with Crippen LogP contribution >= 0.6 is 0 Å². The van der Waals surface area contributed by atoms with Gasteiger partial charge in [0.1, 0.15) is 0 Å². The summed E-state index contributed by atoms with van der Waals surface area (Å²) in [7, 11) is 0. The molecule has 0 amide bonds. The maximum Gasteiger partial charge on any atom is 0.0730 e. The predicted octanol–water partition coefficient (Wildman–Crippen LogP) is 1.88. The van der Waals surface area contributed by atoms with Crippen LogP contribution < -0.4 is 0 Å². The first-order valence-electron chi connectivity index (χ1n) is 5.43. The predicted molar refractivity (Wildman–Crippen MR) is 55.7 cm³/mol. The van der Waals surface area contributed by atoms with Crippen molar-refractivity contribution in [2.75, 3.05) is 13.1 Å². The molecule has 0 saturated carbocycles. The molecule has 0 aliphatic carbocycles. The van der Waals surface area contributed by atoms with Crippen molar-refractivity contribution >= 4 is 0 Å². The average molecular weight is 185 g/mol. The molecular weight excluding hydrogens is 162 g/mol. The van der Waals surface area contributed by atoms with Crippen LogP contribution in [-0.2, 0) is 0 Å². The van der Waals surface area contributed by atoms with E-state index in [4.69, 9.17) is 0 Å². The summed E-state index contributed by atoms with van der Waals surface area (Å²) in [6, 6.07) is 0.663. The molecule has 0 aromatic heterocycles. The van der Waals surface area contributed by atoms with Crippen LogP contribution in [0.4, 0.5) is 0 Å². The van der Waals surface area contributed by atoms with Crippen LogP contribution in [0.1, 0.15) is 40.5 Å². The molecule has 0 spiro atoms. The monoisotopic (exact) mass is 185 g/mol. The highest BCUT2D eigenvalue weighted by atomic mass is 16.3. The minimum absolute atomic E-state index is 0.0859. The molecule has 0 aromatic rings. The lowest BCUT2D eigenvalue weighted by Gasteiger charge is -2.26. The lowest BCUT2D eigenvalue weighted by atomic mass is 9.90. The Hall–Kier alpha value is -0.0800. The van der Waals surface area contributed by atoms with Crippen molar-refractivity contribution in [3.05, 3.63) is 0 Å². The van der Waals surface area contributed by atoms with E-state index in [1.54, 1.807) is 0 Å². The molecule has 78 valence electrons. The highest BCUT2D eigenvalue weighted by Crippen LogP contribution is 2.31. The SMILES string of the molecule is CCC(CC)N1CC(O)C(C)(C)C1. The van der Waals surface area contributed by atoms with Gasteiger partial charge in [0.05, 0.1) is 6.10 Å². The van der Waals surface area contributed by atoms with Gasteiger partial charge in [0.15, 0.2) is 0 Å². The quantitative estimate of drug-likeness (QED) is 0.725. The minimum Gasteiger partial charge on any atom is -0.391 e. The lowest BCUT2D eigenvalue weighted by Crippen LogP contribution is -2.33. The summed E-state index contributed by atoms with van der Waals surface area (Å²) in [4.78, 5) is 2.44. The zero-order valence-corrected chi connectivity index (χ0v) is 9.38. The van der Waals surface area contributed by atoms with Crippen LogP contribution in [0.25, 0.3) is 0 Å². The van der Waals surface area contributed by atoms with Gasteiger partial charge in [0.2, 0.25) is 0 Å². The fourth-order valence-corrected chi connectivity index (χ4v) is 2.25. The summed E-state index contributed by atoms with van der Waals surface area (Å²) in [5, 5.41) is 9.83. The molecule has 1 rings (SSSR count). The number of aliphatic hydroxyl groups is 1. The second-order valence-corrected chi connectivity index (χ2v) is 4.90. The molecule has 1 atom stereocenters. The van der Waals surface area contributed by atoms with Gasteiger partial charge in [-0.15, -0.1) is 0 Å². The highest BCUT2D eigenvalue weighted by Gasteiger charge is 2.39. The van der Waals surface area contributed by atoms with Crippen LogP contribution in [0.5, 0.6) is 0 Å². The third-order valence-electron chi connectivity index (χ3n) is 3.38. The molecule has 1 unspecified atom stereocenters. The molecule has 1 heterocycles. The summed E-state index contributed by atoms with van der Waals surface area (Å²) in [6.45, 7) is 10.7. The van der Waals surface area contributed by atoms with Gasteiger partial charge in [-0.2, -0.15) is 0 Å². The molecule has 1 aliphatic rings. The van der Waals surface area contributed by atoms with Gasteiger partial charge in [0, 0.05) is 24.5 Å². The first-order chi connectivity index (χ1) is 6.01. The Bertz CT molecular complexity index is 163. The molecule has 0 radical (unpaired) electrons. The number of nitrogens with zero attached hydrogens (tertiary/aromatic N) is 1. The molecule has 0 bridgehead atoms. The number of rotatable bonds is 3. The molecule has 13 heavy (non-hydrogen) atoms. The van der Waals surface area contributed by atoms with E-state index in [1.165, 1.54) is 12.8 Å². The van der Waals surface area contributed by atoms with Gasteiger partial charge in [-0.1, -0.05) is 27.7 Å². The summed E-state index contributed by atoms with van der Waals surface area (Å²) in [5.74, 6) is 0. The molecular formula is C11H23NO. The average Bonchev–Trinajstić information content (AvgIpc) is 2.29. The second-order valence-electron chi connectivity index (χ2n) is 4.90. The van der Waals surface area contributed by atoms with Gasteiger partial charge in [-0.05, 0) is 12.8 Å². The Morgan fingerprint density at radius 2 is 1.92 bits per heavy atom. The van der Waals surface area contributed by atoms with Crippen LogP contribution in [0.3, 0.4) is 0 Å². The topological polar surface area (TPSA) is 23.5 Å². The third kappa shape index (κ3) is 2.23. The maximum absolute atomic E-state index is 9.83. The smallest absolute Gasteiger partial charge is 0.0730 e. The molecule has 1 saturated heterocycles. The van der Waals surface area contributed by atoms with Crippen molar-refractivity contribution in [1.29, 1.82) is 0 Å². The largest absolute Gasteiger partial charge is 0.391 e. The lowest BCUT2D eigenvalue weighted by molar-refractivity contribution is 0.0948. The van der Waals surface area contributed by atoms with Gasteiger partial charge in [0.25, 0.3) is 0 Å². The molecule has 1 N–H and O–H groups in total. The van der Waals surface area contributed by atoms with Crippen LogP contribution in [-0.4, -0.2) is 35.2 Å². The fraction of sp³-hybridized carbons (Fsp3) is 1.00. The van der Waals surface area contributed by atoms with E-state index in [-0.39, 0.29) is 11.5 Å². The number of hydrogen-bond donors (Lipinski definition) is 1. The summed E-state index contributed by atoms with van der Waals surface area (Å²) in [5.41, 5.74) is 0.0859. The molecule has 1 aliphatic heterocycles. The van der Waals surface area contributed by atoms with Gasteiger partial charge in [-0.25, -0.2) is 0 Å².